The van der Waals surface area contributed by atoms with Gasteiger partial charge in [0.05, 0.1) is 0 Å². The molecular formula is C17H31N3S. The van der Waals surface area contributed by atoms with Crippen molar-refractivity contribution in [3.63, 3.8) is 0 Å². The van der Waals surface area contributed by atoms with Crippen molar-refractivity contribution in [3.8, 4) is 0 Å². The Labute approximate surface area is 134 Å². The highest BCUT2D eigenvalue weighted by atomic mass is 32.2. The third-order valence-corrected chi connectivity index (χ3v) is 4.61. The fourth-order valence-electron chi connectivity index (χ4n) is 2.61. The lowest BCUT2D eigenvalue weighted by molar-refractivity contribution is 0.642. The molecule has 1 rings (SSSR count). The Balaban J connectivity index is 3.06. The van der Waals surface area contributed by atoms with Crippen molar-refractivity contribution in [2.45, 2.75) is 53.1 Å². The summed E-state index contributed by atoms with van der Waals surface area (Å²) in [5, 5.41) is 3.52. The van der Waals surface area contributed by atoms with Gasteiger partial charge in [-0.1, -0.05) is 13.8 Å². The van der Waals surface area contributed by atoms with E-state index < -0.39 is 0 Å². The van der Waals surface area contributed by atoms with Gasteiger partial charge in [-0.05, 0) is 51.1 Å². The smallest absolute Gasteiger partial charge is 0.133 e. The van der Waals surface area contributed by atoms with Crippen molar-refractivity contribution in [1.29, 1.82) is 0 Å². The van der Waals surface area contributed by atoms with Gasteiger partial charge in [0.1, 0.15) is 5.82 Å². The molecular weight excluding hydrogens is 278 g/mol. The van der Waals surface area contributed by atoms with Crippen molar-refractivity contribution in [2.75, 3.05) is 30.5 Å². The van der Waals surface area contributed by atoms with E-state index in [0.717, 1.165) is 43.2 Å². The van der Waals surface area contributed by atoms with Gasteiger partial charge in [-0.15, -0.1) is 0 Å². The van der Waals surface area contributed by atoms with Crippen LogP contribution in [0.2, 0.25) is 0 Å². The summed E-state index contributed by atoms with van der Waals surface area (Å²) in [6.45, 7) is 10.7. The van der Waals surface area contributed by atoms with E-state index in [4.69, 9.17) is 4.98 Å². The van der Waals surface area contributed by atoms with E-state index in [1.807, 2.05) is 11.8 Å². The maximum absolute atomic E-state index is 4.84. The second-order valence-electron chi connectivity index (χ2n) is 5.69. The summed E-state index contributed by atoms with van der Waals surface area (Å²) in [4.78, 5) is 7.21. The molecule has 0 saturated heterocycles. The standard InChI is InChI=1S/C17H31N3S/c1-7-9-18-11-16-13(3)10-14(4)19-17(16)20(5)15(8-2)12-21-6/h10,15,18H,7-9,11-12H2,1-6H3. The first-order valence-electron chi connectivity index (χ1n) is 7.94. The zero-order valence-corrected chi connectivity index (χ0v) is 15.3. The number of pyridine rings is 1. The zero-order valence-electron chi connectivity index (χ0n) is 14.5. The maximum Gasteiger partial charge on any atom is 0.133 e. The molecule has 0 spiro atoms. The molecule has 1 unspecified atom stereocenters. The largest absolute Gasteiger partial charge is 0.356 e. The first-order chi connectivity index (χ1) is 10.0. The molecule has 0 fully saturated rings. The molecule has 0 aliphatic rings. The number of rotatable bonds is 9. The highest BCUT2D eigenvalue weighted by molar-refractivity contribution is 7.98. The molecule has 0 radical (unpaired) electrons. The predicted octanol–water partition coefficient (Wildman–Crippen LogP) is 3.78. The summed E-state index contributed by atoms with van der Waals surface area (Å²) in [6, 6.07) is 2.73. The van der Waals surface area contributed by atoms with Gasteiger partial charge in [-0.2, -0.15) is 11.8 Å². The molecule has 21 heavy (non-hydrogen) atoms. The molecule has 0 aromatic carbocycles. The number of nitrogens with one attached hydrogen (secondary N) is 1. The molecule has 0 bridgehead atoms. The van der Waals surface area contributed by atoms with E-state index in [2.05, 4.69) is 57.3 Å². The van der Waals surface area contributed by atoms with Crippen LogP contribution in [0.4, 0.5) is 5.82 Å². The zero-order chi connectivity index (χ0) is 15.8. The van der Waals surface area contributed by atoms with Crippen molar-refractivity contribution >= 4 is 17.6 Å². The van der Waals surface area contributed by atoms with Crippen LogP contribution in [0.1, 0.15) is 43.5 Å². The van der Waals surface area contributed by atoms with E-state index in [1.54, 1.807) is 0 Å². The number of hydrogen-bond donors (Lipinski definition) is 1. The van der Waals surface area contributed by atoms with Crippen LogP contribution in [0.15, 0.2) is 6.07 Å². The number of aromatic nitrogens is 1. The van der Waals surface area contributed by atoms with E-state index in [9.17, 15) is 0 Å². The second kappa shape index (κ2) is 9.31. The topological polar surface area (TPSA) is 28.2 Å². The molecule has 0 aliphatic carbocycles. The Kier molecular flexibility index (Phi) is 8.12. The number of nitrogens with zero attached hydrogens (tertiary/aromatic N) is 2. The minimum Gasteiger partial charge on any atom is -0.356 e. The monoisotopic (exact) mass is 309 g/mol. The molecule has 1 N–H and O–H groups in total. The molecule has 1 atom stereocenters. The Morgan fingerprint density at radius 1 is 1.33 bits per heavy atom. The molecule has 4 heteroatoms. The summed E-state index contributed by atoms with van der Waals surface area (Å²) < 4.78 is 0. The average molecular weight is 310 g/mol. The Bertz CT molecular complexity index is 434. The lowest BCUT2D eigenvalue weighted by Gasteiger charge is -2.30. The van der Waals surface area contributed by atoms with Gasteiger partial charge in [-0.3, -0.25) is 0 Å². The van der Waals surface area contributed by atoms with Crippen molar-refractivity contribution in [1.82, 2.24) is 10.3 Å². The Morgan fingerprint density at radius 3 is 2.62 bits per heavy atom. The number of thioether (sulfide) groups is 1. The average Bonchev–Trinajstić information content (AvgIpc) is 2.46. The van der Waals surface area contributed by atoms with Crippen LogP contribution in [0.3, 0.4) is 0 Å². The Morgan fingerprint density at radius 2 is 2.05 bits per heavy atom. The van der Waals surface area contributed by atoms with Crippen LogP contribution in [0, 0.1) is 13.8 Å². The molecule has 0 aliphatic heterocycles. The first kappa shape index (κ1) is 18.3. The molecule has 0 saturated carbocycles. The first-order valence-corrected chi connectivity index (χ1v) is 9.34. The molecule has 1 aromatic heterocycles. The van der Waals surface area contributed by atoms with Gasteiger partial charge in [0.2, 0.25) is 0 Å². The van der Waals surface area contributed by atoms with Gasteiger partial charge in [0.25, 0.3) is 0 Å². The summed E-state index contributed by atoms with van der Waals surface area (Å²) in [6.07, 6.45) is 4.48. The summed E-state index contributed by atoms with van der Waals surface area (Å²) in [5.74, 6) is 2.29. The quantitative estimate of drug-likeness (QED) is 0.703. The van der Waals surface area contributed by atoms with Crippen LogP contribution in [0.25, 0.3) is 0 Å². The maximum atomic E-state index is 4.84. The van der Waals surface area contributed by atoms with Gasteiger partial charge >= 0.3 is 0 Å². The van der Waals surface area contributed by atoms with E-state index in [-0.39, 0.29) is 0 Å². The molecule has 0 amide bonds. The minimum atomic E-state index is 0.540. The Hall–Kier alpha value is -0.740. The number of hydrogen-bond acceptors (Lipinski definition) is 4. The van der Waals surface area contributed by atoms with Crippen LogP contribution in [-0.2, 0) is 6.54 Å². The van der Waals surface area contributed by atoms with Crippen LogP contribution in [-0.4, -0.2) is 36.6 Å². The summed E-state index contributed by atoms with van der Waals surface area (Å²) in [5.41, 5.74) is 3.79. The SMILES string of the molecule is CCCNCc1c(C)cc(C)nc1N(C)C(CC)CSC. The van der Waals surface area contributed by atoms with Crippen molar-refractivity contribution in [2.24, 2.45) is 0 Å². The normalized spacial score (nSPS) is 12.5. The highest BCUT2D eigenvalue weighted by Crippen LogP contribution is 2.25. The molecule has 3 nitrogen and oxygen atoms in total. The third-order valence-electron chi connectivity index (χ3n) is 3.89. The fourth-order valence-corrected chi connectivity index (χ4v) is 3.46. The van der Waals surface area contributed by atoms with Gasteiger partial charge in [0, 0.05) is 36.6 Å². The minimum absolute atomic E-state index is 0.540. The summed E-state index contributed by atoms with van der Waals surface area (Å²) >= 11 is 1.91. The number of anilines is 1. The van der Waals surface area contributed by atoms with Gasteiger partial charge in [0.15, 0.2) is 0 Å². The van der Waals surface area contributed by atoms with Crippen LogP contribution in [0.5, 0.6) is 0 Å². The molecule has 120 valence electrons. The van der Waals surface area contributed by atoms with Crippen LogP contribution >= 0.6 is 11.8 Å². The lowest BCUT2D eigenvalue weighted by atomic mass is 10.1. The van der Waals surface area contributed by atoms with Crippen molar-refractivity contribution in [3.05, 3.63) is 22.9 Å². The van der Waals surface area contributed by atoms with E-state index in [0.29, 0.717) is 6.04 Å². The highest BCUT2D eigenvalue weighted by Gasteiger charge is 2.18. The molecule has 1 heterocycles. The predicted molar refractivity (Wildman–Crippen MR) is 96.6 cm³/mol. The fraction of sp³-hybridized carbons (Fsp3) is 0.706. The number of aryl methyl sites for hydroxylation is 2. The van der Waals surface area contributed by atoms with Crippen LogP contribution < -0.4 is 10.2 Å². The summed E-state index contributed by atoms with van der Waals surface area (Å²) in [7, 11) is 2.19. The van der Waals surface area contributed by atoms with Gasteiger partial charge in [-0.25, -0.2) is 4.98 Å². The van der Waals surface area contributed by atoms with Gasteiger partial charge < -0.3 is 10.2 Å². The van der Waals surface area contributed by atoms with E-state index in [1.165, 1.54) is 11.1 Å². The lowest BCUT2D eigenvalue weighted by Crippen LogP contribution is -2.35. The third kappa shape index (κ3) is 5.19. The van der Waals surface area contributed by atoms with Crippen molar-refractivity contribution < 1.29 is 0 Å². The molecule has 1 aromatic rings. The second-order valence-corrected chi connectivity index (χ2v) is 6.60. The van der Waals surface area contributed by atoms with E-state index >= 15 is 0 Å².